The predicted molar refractivity (Wildman–Crippen MR) is 40.4 cm³/mol. The number of fused-ring (bicyclic) bond motifs is 1. The summed E-state index contributed by atoms with van der Waals surface area (Å²) in [5.41, 5.74) is 2.17. The molecule has 0 saturated heterocycles. The molecule has 3 nitrogen and oxygen atoms in total. The summed E-state index contributed by atoms with van der Waals surface area (Å²) in [4.78, 5) is 3.96. The van der Waals surface area contributed by atoms with Crippen LogP contribution in [0, 0.1) is 6.92 Å². The fraction of sp³-hybridized carbons (Fsp3) is 0.125. The summed E-state index contributed by atoms with van der Waals surface area (Å²) in [7, 11) is 0. The van der Waals surface area contributed by atoms with Crippen LogP contribution in [0.3, 0.4) is 0 Å². The molecule has 0 unspecified atom stereocenters. The van der Waals surface area contributed by atoms with Crippen LogP contribution in [0.5, 0.6) is 5.75 Å². The third-order valence-electron chi connectivity index (χ3n) is 1.63. The zero-order valence-corrected chi connectivity index (χ0v) is 6.03. The van der Waals surface area contributed by atoms with E-state index in [4.69, 9.17) is 4.42 Å². The summed E-state index contributed by atoms with van der Waals surface area (Å²) in [6, 6.07) is 1.84. The van der Waals surface area contributed by atoms with Crippen LogP contribution in [0.1, 0.15) is 5.56 Å². The van der Waals surface area contributed by atoms with Gasteiger partial charge in [-0.15, -0.1) is 0 Å². The zero-order chi connectivity index (χ0) is 7.84. The van der Waals surface area contributed by atoms with Crippen LogP contribution in [-0.2, 0) is 0 Å². The van der Waals surface area contributed by atoms with Gasteiger partial charge in [0.1, 0.15) is 6.26 Å². The molecule has 0 amide bonds. The first-order chi connectivity index (χ1) is 5.29. The van der Waals surface area contributed by atoms with Gasteiger partial charge in [0.2, 0.25) is 0 Å². The number of aromatic nitrogens is 1. The highest BCUT2D eigenvalue weighted by Gasteiger charge is 2.06. The number of hydrogen-bond donors (Lipinski definition) is 1. The molecule has 56 valence electrons. The lowest BCUT2D eigenvalue weighted by Crippen LogP contribution is -1.75. The van der Waals surface area contributed by atoms with Gasteiger partial charge in [-0.05, 0) is 18.6 Å². The van der Waals surface area contributed by atoms with Gasteiger partial charge in [-0.25, -0.2) is 4.98 Å². The number of aromatic hydroxyl groups is 1. The molecule has 2 heterocycles. The Morgan fingerprint density at radius 2 is 2.36 bits per heavy atom. The first-order valence-electron chi connectivity index (χ1n) is 3.31. The zero-order valence-electron chi connectivity index (χ0n) is 6.03. The highest BCUT2D eigenvalue weighted by molar-refractivity contribution is 5.81. The van der Waals surface area contributed by atoms with Crippen LogP contribution in [0.4, 0.5) is 0 Å². The Hall–Kier alpha value is -1.51. The molecule has 0 saturated carbocycles. The van der Waals surface area contributed by atoms with Gasteiger partial charge in [-0.2, -0.15) is 0 Å². The smallest absolute Gasteiger partial charge is 0.180 e. The first kappa shape index (κ1) is 6.22. The standard InChI is InChI=1S/C8H7NO2/c1-5-2-3-9-7-6(10)4-11-8(5)7/h2-4,10H,1H3. The largest absolute Gasteiger partial charge is 0.503 e. The lowest BCUT2D eigenvalue weighted by molar-refractivity contribution is 0.464. The highest BCUT2D eigenvalue weighted by atomic mass is 16.4. The van der Waals surface area contributed by atoms with Crippen LogP contribution < -0.4 is 0 Å². The van der Waals surface area contributed by atoms with Crippen LogP contribution in [0.15, 0.2) is 22.9 Å². The van der Waals surface area contributed by atoms with Crippen LogP contribution >= 0.6 is 0 Å². The molecular weight excluding hydrogens is 142 g/mol. The molecule has 1 N–H and O–H groups in total. The van der Waals surface area contributed by atoms with Crippen LogP contribution in [-0.4, -0.2) is 10.1 Å². The maximum absolute atomic E-state index is 9.18. The molecule has 0 aromatic carbocycles. The summed E-state index contributed by atoms with van der Waals surface area (Å²) in [6.07, 6.45) is 2.94. The predicted octanol–water partition coefficient (Wildman–Crippen LogP) is 1.84. The van der Waals surface area contributed by atoms with Crippen molar-refractivity contribution < 1.29 is 9.52 Å². The van der Waals surface area contributed by atoms with Gasteiger partial charge in [0.15, 0.2) is 16.8 Å². The molecule has 0 aliphatic heterocycles. The molecule has 0 aliphatic rings. The molecule has 0 atom stereocenters. The topological polar surface area (TPSA) is 46.3 Å². The number of rotatable bonds is 0. The van der Waals surface area contributed by atoms with E-state index in [0.29, 0.717) is 11.1 Å². The molecule has 0 fully saturated rings. The van der Waals surface area contributed by atoms with E-state index in [9.17, 15) is 5.11 Å². The molecule has 3 heteroatoms. The minimum Gasteiger partial charge on any atom is -0.503 e. The Morgan fingerprint density at radius 3 is 3.09 bits per heavy atom. The van der Waals surface area contributed by atoms with Gasteiger partial charge in [0.05, 0.1) is 0 Å². The van der Waals surface area contributed by atoms with E-state index < -0.39 is 0 Å². The average Bonchev–Trinajstić information content (AvgIpc) is 2.35. The third kappa shape index (κ3) is 0.774. The quantitative estimate of drug-likeness (QED) is 0.621. The molecular formula is C8H7NO2. The Morgan fingerprint density at radius 1 is 1.55 bits per heavy atom. The minimum atomic E-state index is 0.101. The molecule has 0 bridgehead atoms. The fourth-order valence-corrected chi connectivity index (χ4v) is 1.05. The van der Waals surface area contributed by atoms with Crippen molar-refractivity contribution in [2.75, 3.05) is 0 Å². The van der Waals surface area contributed by atoms with E-state index in [1.54, 1.807) is 6.20 Å². The monoisotopic (exact) mass is 149 g/mol. The maximum Gasteiger partial charge on any atom is 0.180 e. The fourth-order valence-electron chi connectivity index (χ4n) is 1.05. The van der Waals surface area contributed by atoms with Gasteiger partial charge in [0.25, 0.3) is 0 Å². The number of aryl methyl sites for hydroxylation is 1. The minimum absolute atomic E-state index is 0.101. The summed E-state index contributed by atoms with van der Waals surface area (Å²) in [5, 5.41) is 9.18. The number of furan rings is 1. The summed E-state index contributed by atoms with van der Waals surface area (Å²) < 4.78 is 5.07. The molecule has 2 aromatic rings. The Labute approximate surface area is 63.3 Å². The SMILES string of the molecule is Cc1ccnc2c(O)coc12. The van der Waals surface area contributed by atoms with Crippen molar-refractivity contribution in [1.29, 1.82) is 0 Å². The Kier molecular flexibility index (Phi) is 1.12. The third-order valence-corrected chi connectivity index (χ3v) is 1.63. The van der Waals surface area contributed by atoms with E-state index >= 15 is 0 Å². The average molecular weight is 149 g/mol. The number of nitrogens with zero attached hydrogens (tertiary/aromatic N) is 1. The van der Waals surface area contributed by atoms with Gasteiger partial charge in [-0.3, -0.25) is 0 Å². The first-order valence-corrected chi connectivity index (χ1v) is 3.31. The van der Waals surface area contributed by atoms with Crippen molar-refractivity contribution in [3.05, 3.63) is 24.1 Å². The summed E-state index contributed by atoms with van der Waals surface area (Å²) in [5.74, 6) is 0.101. The van der Waals surface area contributed by atoms with Gasteiger partial charge in [0, 0.05) is 6.20 Å². The molecule has 0 radical (unpaired) electrons. The molecule has 0 aliphatic carbocycles. The molecule has 11 heavy (non-hydrogen) atoms. The van der Waals surface area contributed by atoms with Crippen molar-refractivity contribution in [3.63, 3.8) is 0 Å². The van der Waals surface area contributed by atoms with Crippen molar-refractivity contribution in [2.45, 2.75) is 6.92 Å². The van der Waals surface area contributed by atoms with E-state index in [-0.39, 0.29) is 5.75 Å². The van der Waals surface area contributed by atoms with Gasteiger partial charge >= 0.3 is 0 Å². The van der Waals surface area contributed by atoms with Gasteiger partial charge < -0.3 is 9.52 Å². The van der Waals surface area contributed by atoms with E-state index in [1.807, 2.05) is 13.0 Å². The van der Waals surface area contributed by atoms with Crippen molar-refractivity contribution >= 4 is 11.1 Å². The number of hydrogen-bond acceptors (Lipinski definition) is 3. The molecule has 2 rings (SSSR count). The van der Waals surface area contributed by atoms with Crippen LogP contribution in [0.2, 0.25) is 0 Å². The number of pyridine rings is 1. The van der Waals surface area contributed by atoms with E-state index in [1.165, 1.54) is 6.26 Å². The Bertz CT molecular complexity index is 392. The van der Waals surface area contributed by atoms with E-state index in [0.717, 1.165) is 5.56 Å². The highest BCUT2D eigenvalue weighted by Crippen LogP contribution is 2.25. The second-order valence-electron chi connectivity index (χ2n) is 2.43. The van der Waals surface area contributed by atoms with E-state index in [2.05, 4.69) is 4.98 Å². The normalized spacial score (nSPS) is 10.6. The van der Waals surface area contributed by atoms with Crippen molar-refractivity contribution in [2.24, 2.45) is 0 Å². The van der Waals surface area contributed by atoms with Crippen molar-refractivity contribution in [3.8, 4) is 5.75 Å². The Balaban J connectivity index is 2.94. The second kappa shape index (κ2) is 1.99. The van der Waals surface area contributed by atoms with Crippen LogP contribution in [0.25, 0.3) is 11.1 Å². The summed E-state index contributed by atoms with van der Waals surface area (Å²) >= 11 is 0. The second-order valence-corrected chi connectivity index (χ2v) is 2.43. The maximum atomic E-state index is 9.18. The molecule has 2 aromatic heterocycles. The van der Waals surface area contributed by atoms with Gasteiger partial charge in [-0.1, -0.05) is 0 Å². The van der Waals surface area contributed by atoms with Crippen molar-refractivity contribution in [1.82, 2.24) is 4.98 Å². The lowest BCUT2D eigenvalue weighted by atomic mass is 10.2. The summed E-state index contributed by atoms with van der Waals surface area (Å²) in [6.45, 7) is 1.91. The lowest BCUT2D eigenvalue weighted by Gasteiger charge is -1.90. The molecule has 0 spiro atoms.